The molecule has 1 aliphatic carbocycles. The zero-order valence-corrected chi connectivity index (χ0v) is 10.2. The van der Waals surface area contributed by atoms with Crippen molar-refractivity contribution in [1.82, 2.24) is 10.6 Å². The van der Waals surface area contributed by atoms with Gasteiger partial charge in [-0.3, -0.25) is 0 Å². The van der Waals surface area contributed by atoms with E-state index in [0.717, 1.165) is 38.1 Å². The van der Waals surface area contributed by atoms with Crippen molar-refractivity contribution < 1.29 is 4.74 Å². The van der Waals surface area contributed by atoms with E-state index in [1.54, 1.807) is 7.11 Å². The fraction of sp³-hybridized carbons (Fsp3) is 1.00. The van der Waals surface area contributed by atoms with E-state index in [4.69, 9.17) is 4.74 Å². The van der Waals surface area contributed by atoms with Crippen LogP contribution < -0.4 is 10.6 Å². The van der Waals surface area contributed by atoms with Gasteiger partial charge in [0.1, 0.15) is 0 Å². The first-order chi connectivity index (χ1) is 7.34. The summed E-state index contributed by atoms with van der Waals surface area (Å²) in [5.74, 6) is 1.91. The first-order valence-electron chi connectivity index (χ1n) is 6.25. The van der Waals surface area contributed by atoms with Gasteiger partial charge in [0, 0.05) is 13.7 Å². The molecule has 0 bridgehead atoms. The lowest BCUT2D eigenvalue weighted by molar-refractivity contribution is 0.199. The molecule has 2 N–H and O–H groups in total. The summed E-state index contributed by atoms with van der Waals surface area (Å²) in [7, 11) is 1.74. The van der Waals surface area contributed by atoms with Gasteiger partial charge in [-0.15, -0.1) is 0 Å². The Morgan fingerprint density at radius 3 is 2.60 bits per heavy atom. The van der Waals surface area contributed by atoms with Gasteiger partial charge >= 0.3 is 0 Å². The van der Waals surface area contributed by atoms with E-state index in [9.17, 15) is 0 Å². The van der Waals surface area contributed by atoms with E-state index >= 15 is 0 Å². The SMILES string of the molecule is COCCNCCCNCC(C)C1CC1. The Morgan fingerprint density at radius 2 is 1.93 bits per heavy atom. The van der Waals surface area contributed by atoms with Crippen LogP contribution in [-0.4, -0.2) is 39.9 Å². The number of rotatable bonds is 10. The average molecular weight is 214 g/mol. The van der Waals surface area contributed by atoms with Gasteiger partial charge in [0.2, 0.25) is 0 Å². The zero-order valence-electron chi connectivity index (χ0n) is 10.2. The predicted molar refractivity (Wildman–Crippen MR) is 64.1 cm³/mol. The standard InChI is InChI=1S/C12H26N2O/c1-11(12-4-5-12)10-14-7-3-6-13-8-9-15-2/h11-14H,3-10H2,1-2H3. The number of hydrogen-bond donors (Lipinski definition) is 2. The lowest BCUT2D eigenvalue weighted by atomic mass is 10.1. The molecular formula is C12H26N2O. The van der Waals surface area contributed by atoms with E-state index in [1.807, 2.05) is 0 Å². The van der Waals surface area contributed by atoms with Crippen LogP contribution in [0.4, 0.5) is 0 Å². The minimum atomic E-state index is 0.812. The van der Waals surface area contributed by atoms with Gasteiger partial charge in [0.05, 0.1) is 6.61 Å². The van der Waals surface area contributed by atoms with Crippen molar-refractivity contribution in [3.05, 3.63) is 0 Å². The lowest BCUT2D eigenvalue weighted by Gasteiger charge is -2.11. The van der Waals surface area contributed by atoms with Crippen molar-refractivity contribution in [2.75, 3.05) is 39.9 Å². The summed E-state index contributed by atoms with van der Waals surface area (Å²) in [6.45, 7) is 7.57. The molecule has 90 valence electrons. The molecule has 0 spiro atoms. The Morgan fingerprint density at radius 1 is 1.20 bits per heavy atom. The molecule has 0 heterocycles. The van der Waals surface area contributed by atoms with Crippen LogP contribution in [0.1, 0.15) is 26.2 Å². The summed E-state index contributed by atoms with van der Waals surface area (Å²) in [4.78, 5) is 0. The van der Waals surface area contributed by atoms with Crippen molar-refractivity contribution in [3.63, 3.8) is 0 Å². The van der Waals surface area contributed by atoms with Gasteiger partial charge in [-0.2, -0.15) is 0 Å². The molecule has 1 aliphatic rings. The molecule has 0 saturated heterocycles. The van der Waals surface area contributed by atoms with Crippen molar-refractivity contribution in [1.29, 1.82) is 0 Å². The fourth-order valence-corrected chi connectivity index (χ4v) is 1.80. The highest BCUT2D eigenvalue weighted by molar-refractivity contribution is 4.79. The number of methoxy groups -OCH3 is 1. The monoisotopic (exact) mass is 214 g/mol. The van der Waals surface area contributed by atoms with E-state index in [2.05, 4.69) is 17.6 Å². The third-order valence-electron chi connectivity index (χ3n) is 3.08. The van der Waals surface area contributed by atoms with E-state index in [0.29, 0.717) is 0 Å². The smallest absolute Gasteiger partial charge is 0.0587 e. The molecule has 0 aliphatic heterocycles. The van der Waals surface area contributed by atoms with Crippen molar-refractivity contribution >= 4 is 0 Å². The maximum Gasteiger partial charge on any atom is 0.0587 e. The van der Waals surface area contributed by atoms with Gasteiger partial charge in [-0.1, -0.05) is 6.92 Å². The third-order valence-corrected chi connectivity index (χ3v) is 3.08. The predicted octanol–water partition coefficient (Wildman–Crippen LogP) is 1.25. The van der Waals surface area contributed by atoms with E-state index in [1.165, 1.54) is 25.8 Å². The quantitative estimate of drug-likeness (QED) is 0.537. The zero-order chi connectivity index (χ0) is 10.9. The molecule has 0 aromatic heterocycles. The summed E-state index contributed by atoms with van der Waals surface area (Å²) in [6, 6.07) is 0. The number of hydrogen-bond acceptors (Lipinski definition) is 3. The largest absolute Gasteiger partial charge is 0.383 e. The molecule has 1 rings (SSSR count). The molecule has 1 atom stereocenters. The van der Waals surface area contributed by atoms with Crippen LogP contribution in [0.2, 0.25) is 0 Å². The highest BCUT2D eigenvalue weighted by Crippen LogP contribution is 2.35. The molecular weight excluding hydrogens is 188 g/mol. The average Bonchev–Trinajstić information content (AvgIpc) is 3.05. The van der Waals surface area contributed by atoms with Gasteiger partial charge < -0.3 is 15.4 Å². The molecule has 0 aromatic rings. The maximum atomic E-state index is 4.96. The van der Waals surface area contributed by atoms with Crippen LogP contribution in [0.3, 0.4) is 0 Å². The van der Waals surface area contributed by atoms with Crippen LogP contribution >= 0.6 is 0 Å². The van der Waals surface area contributed by atoms with Crippen LogP contribution in [0.25, 0.3) is 0 Å². The van der Waals surface area contributed by atoms with Crippen molar-refractivity contribution in [3.8, 4) is 0 Å². The van der Waals surface area contributed by atoms with Crippen LogP contribution in [-0.2, 0) is 4.74 Å². The van der Waals surface area contributed by atoms with Gasteiger partial charge in [0.15, 0.2) is 0 Å². The number of ether oxygens (including phenoxy) is 1. The van der Waals surface area contributed by atoms with Crippen molar-refractivity contribution in [2.45, 2.75) is 26.2 Å². The molecule has 0 aromatic carbocycles. The summed E-state index contributed by atoms with van der Waals surface area (Å²) in [5, 5.41) is 6.87. The molecule has 15 heavy (non-hydrogen) atoms. The van der Waals surface area contributed by atoms with Crippen LogP contribution in [0, 0.1) is 11.8 Å². The van der Waals surface area contributed by atoms with Gasteiger partial charge in [0.25, 0.3) is 0 Å². The third kappa shape index (κ3) is 6.88. The second kappa shape index (κ2) is 8.08. The van der Waals surface area contributed by atoms with E-state index < -0.39 is 0 Å². The summed E-state index contributed by atoms with van der Waals surface area (Å²) >= 11 is 0. The molecule has 3 heteroatoms. The molecule has 1 unspecified atom stereocenters. The normalized spacial score (nSPS) is 18.0. The number of nitrogens with one attached hydrogen (secondary N) is 2. The van der Waals surface area contributed by atoms with Gasteiger partial charge in [-0.25, -0.2) is 0 Å². The summed E-state index contributed by atoms with van der Waals surface area (Å²) < 4.78 is 4.96. The first kappa shape index (κ1) is 12.9. The van der Waals surface area contributed by atoms with Gasteiger partial charge in [-0.05, 0) is 50.7 Å². The second-order valence-electron chi connectivity index (χ2n) is 4.62. The molecule has 3 nitrogen and oxygen atoms in total. The Bertz CT molecular complexity index is 149. The molecule has 0 amide bonds. The van der Waals surface area contributed by atoms with E-state index in [-0.39, 0.29) is 0 Å². The lowest BCUT2D eigenvalue weighted by Crippen LogP contribution is -2.27. The Labute approximate surface area is 94.0 Å². The topological polar surface area (TPSA) is 33.3 Å². The molecule has 1 saturated carbocycles. The Hall–Kier alpha value is -0.120. The van der Waals surface area contributed by atoms with Crippen LogP contribution in [0.5, 0.6) is 0 Å². The summed E-state index contributed by atoms with van der Waals surface area (Å²) in [5.41, 5.74) is 0. The minimum Gasteiger partial charge on any atom is -0.383 e. The second-order valence-corrected chi connectivity index (χ2v) is 4.62. The first-order valence-corrected chi connectivity index (χ1v) is 6.25. The summed E-state index contributed by atoms with van der Waals surface area (Å²) in [6.07, 6.45) is 4.13. The highest BCUT2D eigenvalue weighted by Gasteiger charge is 2.27. The fourth-order valence-electron chi connectivity index (χ4n) is 1.80. The highest BCUT2D eigenvalue weighted by atomic mass is 16.5. The Kier molecular flexibility index (Phi) is 6.98. The molecule has 0 radical (unpaired) electrons. The van der Waals surface area contributed by atoms with Crippen molar-refractivity contribution in [2.24, 2.45) is 11.8 Å². The minimum absolute atomic E-state index is 0.812. The van der Waals surface area contributed by atoms with Crippen LogP contribution in [0.15, 0.2) is 0 Å². The molecule has 1 fully saturated rings. The maximum absolute atomic E-state index is 4.96. The Balaban J connectivity index is 1.72.